The Kier molecular flexibility index (Phi) is 6.81. The minimum Gasteiger partial charge on any atom is -0.346 e. The Morgan fingerprint density at radius 3 is 2.19 bits per heavy atom. The molecule has 0 bridgehead atoms. The van der Waals surface area contributed by atoms with Crippen molar-refractivity contribution in [1.82, 2.24) is 5.32 Å². The van der Waals surface area contributed by atoms with E-state index in [0.717, 1.165) is 23.1 Å². The number of carbonyl (C=O) groups excluding carboxylic acids is 1. The van der Waals surface area contributed by atoms with Crippen molar-refractivity contribution in [3.63, 3.8) is 0 Å². The fraction of sp³-hybridized carbons (Fsp3) is 0.240. The summed E-state index contributed by atoms with van der Waals surface area (Å²) in [5.41, 5.74) is 4.74. The lowest BCUT2D eigenvalue weighted by molar-refractivity contribution is 0.0940. The average molecular weight is 437 g/mol. The molecule has 0 aromatic heterocycles. The van der Waals surface area contributed by atoms with Crippen LogP contribution in [-0.2, 0) is 16.4 Å². The Labute approximate surface area is 184 Å². The van der Waals surface area contributed by atoms with Crippen molar-refractivity contribution < 1.29 is 13.2 Å². The normalized spacial score (nSPS) is 12.3. The summed E-state index contributed by atoms with van der Waals surface area (Å²) in [6.45, 7) is 7.72. The molecule has 2 N–H and O–H groups in total. The maximum Gasteiger partial charge on any atom is 0.261 e. The standard InChI is InChI=1S/C25H28N2O3S/c1-5-20-9-12-21(13-10-20)19(4)26-25(28)22-11-8-18(3)24(16-22)27-31(29,30)23-14-6-17(2)7-15-23/h6-16,19,27H,5H2,1-4H3,(H,26,28)/t19-/m1/s1. The fourth-order valence-corrected chi connectivity index (χ4v) is 4.32. The van der Waals surface area contributed by atoms with Crippen molar-refractivity contribution in [2.24, 2.45) is 0 Å². The van der Waals surface area contributed by atoms with Gasteiger partial charge in [0.05, 0.1) is 16.6 Å². The Morgan fingerprint density at radius 2 is 1.58 bits per heavy atom. The van der Waals surface area contributed by atoms with E-state index in [1.807, 2.05) is 26.0 Å². The molecule has 0 aliphatic carbocycles. The van der Waals surface area contributed by atoms with E-state index < -0.39 is 10.0 Å². The van der Waals surface area contributed by atoms with E-state index in [2.05, 4.69) is 29.1 Å². The highest BCUT2D eigenvalue weighted by Crippen LogP contribution is 2.22. The van der Waals surface area contributed by atoms with Crippen molar-refractivity contribution in [2.45, 2.75) is 45.1 Å². The summed E-state index contributed by atoms with van der Waals surface area (Å²) in [5, 5.41) is 2.98. The molecular weight excluding hydrogens is 408 g/mol. The van der Waals surface area contributed by atoms with Crippen LogP contribution in [0.25, 0.3) is 0 Å². The number of anilines is 1. The van der Waals surface area contributed by atoms with Crippen molar-refractivity contribution in [2.75, 3.05) is 4.72 Å². The van der Waals surface area contributed by atoms with E-state index >= 15 is 0 Å². The Hall–Kier alpha value is -3.12. The fourth-order valence-electron chi connectivity index (χ4n) is 3.20. The molecule has 0 unspecified atom stereocenters. The SMILES string of the molecule is CCc1ccc([C@@H](C)NC(=O)c2ccc(C)c(NS(=O)(=O)c3ccc(C)cc3)c2)cc1. The number of hydrogen-bond donors (Lipinski definition) is 2. The monoisotopic (exact) mass is 436 g/mol. The van der Waals surface area contributed by atoms with E-state index in [1.54, 1.807) is 49.4 Å². The van der Waals surface area contributed by atoms with Gasteiger partial charge in [-0.05, 0) is 68.1 Å². The molecule has 162 valence electrons. The van der Waals surface area contributed by atoms with Gasteiger partial charge >= 0.3 is 0 Å². The van der Waals surface area contributed by atoms with Crippen LogP contribution < -0.4 is 10.0 Å². The zero-order valence-corrected chi connectivity index (χ0v) is 19.1. The number of benzene rings is 3. The predicted molar refractivity (Wildman–Crippen MR) is 125 cm³/mol. The van der Waals surface area contributed by atoms with Crippen LogP contribution in [0.15, 0.2) is 71.6 Å². The highest BCUT2D eigenvalue weighted by Gasteiger charge is 2.17. The second-order valence-electron chi connectivity index (χ2n) is 7.74. The summed E-state index contributed by atoms with van der Waals surface area (Å²) in [5.74, 6) is -0.261. The number of sulfonamides is 1. The van der Waals surface area contributed by atoms with E-state index in [1.165, 1.54) is 5.56 Å². The van der Waals surface area contributed by atoms with Gasteiger partial charge in [-0.2, -0.15) is 0 Å². The second-order valence-corrected chi connectivity index (χ2v) is 9.42. The molecule has 0 aliphatic heterocycles. The summed E-state index contributed by atoms with van der Waals surface area (Å²) < 4.78 is 28.1. The van der Waals surface area contributed by atoms with Crippen LogP contribution in [0, 0.1) is 13.8 Å². The summed E-state index contributed by atoms with van der Waals surface area (Å²) in [4.78, 5) is 13.0. The molecule has 0 aliphatic rings. The lowest BCUT2D eigenvalue weighted by Crippen LogP contribution is -2.26. The highest BCUT2D eigenvalue weighted by atomic mass is 32.2. The van der Waals surface area contributed by atoms with E-state index in [4.69, 9.17) is 0 Å². The number of carbonyl (C=O) groups is 1. The molecule has 0 saturated carbocycles. The Bertz CT molecular complexity index is 1170. The Morgan fingerprint density at radius 1 is 0.935 bits per heavy atom. The molecule has 31 heavy (non-hydrogen) atoms. The first-order valence-electron chi connectivity index (χ1n) is 10.3. The lowest BCUT2D eigenvalue weighted by atomic mass is 10.0. The van der Waals surface area contributed by atoms with E-state index in [9.17, 15) is 13.2 Å². The molecule has 3 rings (SSSR count). The third-order valence-corrected chi connectivity index (χ3v) is 6.69. The van der Waals surface area contributed by atoms with Gasteiger partial charge < -0.3 is 5.32 Å². The minimum atomic E-state index is -3.75. The number of nitrogens with one attached hydrogen (secondary N) is 2. The Balaban J connectivity index is 1.77. The smallest absolute Gasteiger partial charge is 0.261 e. The molecule has 1 atom stereocenters. The van der Waals surface area contributed by atoms with Crippen LogP contribution >= 0.6 is 0 Å². The van der Waals surface area contributed by atoms with Crippen LogP contribution in [0.3, 0.4) is 0 Å². The van der Waals surface area contributed by atoms with Gasteiger partial charge in [0.1, 0.15) is 0 Å². The number of rotatable bonds is 7. The maximum absolute atomic E-state index is 12.8. The van der Waals surface area contributed by atoms with Gasteiger partial charge in [0.25, 0.3) is 15.9 Å². The van der Waals surface area contributed by atoms with Gasteiger partial charge in [-0.25, -0.2) is 8.42 Å². The van der Waals surface area contributed by atoms with Crippen molar-refractivity contribution in [3.8, 4) is 0 Å². The molecular formula is C25H28N2O3S. The molecule has 5 nitrogen and oxygen atoms in total. The zero-order valence-electron chi connectivity index (χ0n) is 18.3. The molecule has 0 spiro atoms. The molecule has 0 radical (unpaired) electrons. The quantitative estimate of drug-likeness (QED) is 0.537. The summed E-state index contributed by atoms with van der Waals surface area (Å²) in [6, 6.07) is 19.6. The molecule has 0 fully saturated rings. The van der Waals surface area contributed by atoms with Gasteiger partial charge in [0, 0.05) is 5.56 Å². The molecule has 0 heterocycles. The third kappa shape index (κ3) is 5.52. The molecule has 6 heteroatoms. The van der Waals surface area contributed by atoms with Crippen LogP contribution in [0.1, 0.15) is 52.5 Å². The van der Waals surface area contributed by atoms with E-state index in [-0.39, 0.29) is 16.8 Å². The first-order chi connectivity index (χ1) is 14.7. The molecule has 3 aromatic rings. The van der Waals surface area contributed by atoms with Gasteiger partial charge in [-0.3, -0.25) is 9.52 Å². The number of hydrogen-bond acceptors (Lipinski definition) is 3. The largest absolute Gasteiger partial charge is 0.346 e. The summed E-state index contributed by atoms with van der Waals surface area (Å²) >= 11 is 0. The first-order valence-corrected chi connectivity index (χ1v) is 11.8. The second kappa shape index (κ2) is 9.35. The summed E-state index contributed by atoms with van der Waals surface area (Å²) in [7, 11) is -3.75. The topological polar surface area (TPSA) is 75.3 Å². The third-order valence-electron chi connectivity index (χ3n) is 5.31. The molecule has 3 aromatic carbocycles. The van der Waals surface area contributed by atoms with Crippen molar-refractivity contribution >= 4 is 21.6 Å². The lowest BCUT2D eigenvalue weighted by Gasteiger charge is -2.16. The zero-order chi connectivity index (χ0) is 22.6. The van der Waals surface area contributed by atoms with Crippen LogP contribution in [0.5, 0.6) is 0 Å². The van der Waals surface area contributed by atoms with E-state index in [0.29, 0.717) is 11.3 Å². The summed E-state index contributed by atoms with van der Waals surface area (Å²) in [6.07, 6.45) is 0.964. The molecule has 0 saturated heterocycles. The van der Waals surface area contributed by atoms with Gasteiger partial charge in [0.15, 0.2) is 0 Å². The van der Waals surface area contributed by atoms with Crippen LogP contribution in [0.2, 0.25) is 0 Å². The minimum absolute atomic E-state index is 0.174. The van der Waals surface area contributed by atoms with Crippen LogP contribution in [-0.4, -0.2) is 14.3 Å². The van der Waals surface area contributed by atoms with Crippen molar-refractivity contribution in [3.05, 3.63) is 94.5 Å². The first kappa shape index (κ1) is 22.6. The van der Waals surface area contributed by atoms with Gasteiger partial charge in [-0.15, -0.1) is 0 Å². The predicted octanol–water partition coefficient (Wildman–Crippen LogP) is 5.16. The van der Waals surface area contributed by atoms with Crippen LogP contribution in [0.4, 0.5) is 5.69 Å². The number of aryl methyl sites for hydroxylation is 3. The molecule has 1 amide bonds. The maximum atomic E-state index is 12.8. The highest BCUT2D eigenvalue weighted by molar-refractivity contribution is 7.92. The van der Waals surface area contributed by atoms with Gasteiger partial charge in [0.2, 0.25) is 0 Å². The average Bonchev–Trinajstić information content (AvgIpc) is 2.75. The number of amides is 1. The van der Waals surface area contributed by atoms with Gasteiger partial charge in [-0.1, -0.05) is 55.0 Å². The van der Waals surface area contributed by atoms with Crippen molar-refractivity contribution in [1.29, 1.82) is 0 Å².